The number of fused-ring (bicyclic) bond motifs is 1. The number of methoxy groups -OCH3 is 1. The molecule has 2 heterocycles. The van der Waals surface area contributed by atoms with Crippen molar-refractivity contribution >= 4 is 38.3 Å². The number of sulfonamides is 1. The van der Waals surface area contributed by atoms with Gasteiger partial charge in [-0.25, -0.2) is 18.2 Å². The van der Waals surface area contributed by atoms with Crippen molar-refractivity contribution in [2.75, 3.05) is 23.3 Å². The Morgan fingerprint density at radius 1 is 1.17 bits per heavy atom. The van der Waals surface area contributed by atoms with Crippen LogP contribution < -0.4 is 14.4 Å². The maximum absolute atomic E-state index is 12.9. The predicted molar refractivity (Wildman–Crippen MR) is 114 cm³/mol. The topological polar surface area (TPSA) is 109 Å². The summed E-state index contributed by atoms with van der Waals surface area (Å²) in [5.74, 6) is 0.217. The van der Waals surface area contributed by atoms with Crippen molar-refractivity contribution in [2.45, 2.75) is 23.8 Å². The molecule has 8 nitrogen and oxygen atoms in total. The van der Waals surface area contributed by atoms with Gasteiger partial charge in [0.2, 0.25) is 0 Å². The summed E-state index contributed by atoms with van der Waals surface area (Å²) in [5.41, 5.74) is 0.330. The molecule has 4 rings (SSSR count). The summed E-state index contributed by atoms with van der Waals surface area (Å²) < 4.78 is 33.4. The average molecular weight is 427 g/mol. The van der Waals surface area contributed by atoms with Crippen molar-refractivity contribution < 1.29 is 23.1 Å². The lowest BCUT2D eigenvalue weighted by Crippen LogP contribution is -2.36. The highest BCUT2D eigenvalue weighted by molar-refractivity contribution is 7.92. The number of carboxylic acid groups (broad SMARTS) is 1. The van der Waals surface area contributed by atoms with E-state index in [2.05, 4.69) is 9.71 Å². The molecule has 0 amide bonds. The number of aromatic nitrogens is 1. The van der Waals surface area contributed by atoms with Crippen LogP contribution in [0.1, 0.15) is 12.8 Å². The van der Waals surface area contributed by atoms with Gasteiger partial charge in [-0.05, 0) is 37.1 Å². The van der Waals surface area contributed by atoms with E-state index in [1.54, 1.807) is 29.2 Å². The van der Waals surface area contributed by atoms with Crippen LogP contribution in [0, 0.1) is 0 Å². The molecule has 1 atom stereocenters. The average Bonchev–Trinajstić information content (AvgIpc) is 3.24. The van der Waals surface area contributed by atoms with Crippen LogP contribution in [-0.2, 0) is 14.8 Å². The lowest BCUT2D eigenvalue weighted by atomic mass is 10.1. The zero-order valence-corrected chi connectivity index (χ0v) is 17.1. The van der Waals surface area contributed by atoms with E-state index in [0.717, 1.165) is 6.42 Å². The van der Waals surface area contributed by atoms with Gasteiger partial charge in [-0.3, -0.25) is 4.72 Å². The van der Waals surface area contributed by atoms with E-state index in [-0.39, 0.29) is 4.90 Å². The molecule has 0 radical (unpaired) electrons. The van der Waals surface area contributed by atoms with Crippen LogP contribution in [0.5, 0.6) is 5.75 Å². The predicted octanol–water partition coefficient (Wildman–Crippen LogP) is 3.10. The monoisotopic (exact) mass is 427 g/mol. The Kier molecular flexibility index (Phi) is 5.21. The first-order valence-corrected chi connectivity index (χ1v) is 10.9. The fourth-order valence-corrected chi connectivity index (χ4v) is 4.79. The van der Waals surface area contributed by atoms with E-state index < -0.39 is 22.0 Å². The van der Waals surface area contributed by atoms with Crippen LogP contribution in [-0.4, -0.2) is 44.2 Å². The van der Waals surface area contributed by atoms with E-state index in [1.165, 1.54) is 25.4 Å². The van der Waals surface area contributed by atoms with Crippen LogP contribution in [0.4, 0.5) is 11.5 Å². The first-order chi connectivity index (χ1) is 14.4. The standard InChI is InChI=1S/C21H21N3O5S/c1-29-14-8-10-15(11-9-14)30(27,28)23-18-13-22-20(17-6-3-2-5-16(17)18)24-12-4-7-19(24)21(25)26/h2-3,5-6,8-11,13,19,23H,4,7,12H2,1H3,(H,25,26)/t19-/m0/s1. The number of hydrogen-bond donors (Lipinski definition) is 2. The summed E-state index contributed by atoms with van der Waals surface area (Å²) in [4.78, 5) is 17.9. The van der Waals surface area contributed by atoms with Crippen molar-refractivity contribution in [3.05, 3.63) is 54.7 Å². The van der Waals surface area contributed by atoms with E-state index in [0.29, 0.717) is 41.0 Å². The lowest BCUT2D eigenvalue weighted by Gasteiger charge is -2.24. The van der Waals surface area contributed by atoms with E-state index >= 15 is 0 Å². The summed E-state index contributed by atoms with van der Waals surface area (Å²) in [6.45, 7) is 0.588. The number of carboxylic acids is 1. The summed E-state index contributed by atoms with van der Waals surface area (Å²) >= 11 is 0. The molecule has 1 aliphatic rings. The Hall–Kier alpha value is -3.33. The van der Waals surface area contributed by atoms with Crippen molar-refractivity contribution in [1.82, 2.24) is 4.98 Å². The van der Waals surface area contributed by atoms with Gasteiger partial charge in [0.05, 0.1) is 23.9 Å². The molecule has 1 aliphatic heterocycles. The minimum Gasteiger partial charge on any atom is -0.497 e. The van der Waals surface area contributed by atoms with Gasteiger partial charge >= 0.3 is 5.97 Å². The maximum Gasteiger partial charge on any atom is 0.326 e. The molecule has 1 fully saturated rings. The van der Waals surface area contributed by atoms with Crippen LogP contribution in [0.25, 0.3) is 10.8 Å². The third kappa shape index (κ3) is 3.63. The zero-order valence-electron chi connectivity index (χ0n) is 16.3. The van der Waals surface area contributed by atoms with Crippen LogP contribution in [0.15, 0.2) is 59.6 Å². The van der Waals surface area contributed by atoms with E-state index in [4.69, 9.17) is 4.74 Å². The quantitative estimate of drug-likeness (QED) is 0.622. The van der Waals surface area contributed by atoms with Gasteiger partial charge in [0.25, 0.3) is 10.0 Å². The van der Waals surface area contributed by atoms with Gasteiger partial charge in [0, 0.05) is 17.3 Å². The van der Waals surface area contributed by atoms with Crippen LogP contribution >= 0.6 is 0 Å². The largest absolute Gasteiger partial charge is 0.497 e. The molecule has 0 spiro atoms. The number of aliphatic carboxylic acids is 1. The number of pyridine rings is 1. The minimum atomic E-state index is -3.84. The van der Waals surface area contributed by atoms with Gasteiger partial charge in [0.15, 0.2) is 0 Å². The molecule has 9 heteroatoms. The fourth-order valence-electron chi connectivity index (χ4n) is 3.72. The number of ether oxygens (including phenoxy) is 1. The highest BCUT2D eigenvalue weighted by Gasteiger charge is 2.32. The summed E-state index contributed by atoms with van der Waals surface area (Å²) in [5, 5.41) is 10.9. The van der Waals surface area contributed by atoms with Crippen LogP contribution in [0.3, 0.4) is 0 Å². The zero-order chi connectivity index (χ0) is 21.3. The Bertz CT molecular complexity index is 1190. The molecule has 3 aromatic rings. The fraction of sp³-hybridized carbons (Fsp3) is 0.238. The number of nitrogens with zero attached hydrogens (tertiary/aromatic N) is 2. The molecule has 1 aromatic heterocycles. The van der Waals surface area contributed by atoms with Crippen molar-refractivity contribution in [3.8, 4) is 5.75 Å². The third-order valence-electron chi connectivity index (χ3n) is 5.20. The Labute approximate surface area is 174 Å². The second-order valence-corrected chi connectivity index (χ2v) is 8.69. The van der Waals surface area contributed by atoms with Gasteiger partial charge in [0.1, 0.15) is 17.6 Å². The summed E-state index contributed by atoms with van der Waals surface area (Å²) in [7, 11) is -2.33. The van der Waals surface area contributed by atoms with E-state index in [9.17, 15) is 18.3 Å². The molecule has 0 aliphatic carbocycles. The molecule has 156 valence electrons. The highest BCUT2D eigenvalue weighted by atomic mass is 32.2. The summed E-state index contributed by atoms with van der Waals surface area (Å²) in [6.07, 6.45) is 2.76. The summed E-state index contributed by atoms with van der Waals surface area (Å²) in [6, 6.07) is 12.7. The molecule has 1 saturated heterocycles. The second kappa shape index (κ2) is 7.83. The van der Waals surface area contributed by atoms with Gasteiger partial charge < -0.3 is 14.7 Å². The molecule has 0 bridgehead atoms. The van der Waals surface area contributed by atoms with Crippen molar-refractivity contribution in [3.63, 3.8) is 0 Å². The number of nitrogens with one attached hydrogen (secondary N) is 1. The molecule has 2 aromatic carbocycles. The normalized spacial score (nSPS) is 16.6. The molecule has 2 N–H and O–H groups in total. The van der Waals surface area contributed by atoms with Gasteiger partial charge in [-0.2, -0.15) is 0 Å². The number of hydrogen-bond acceptors (Lipinski definition) is 6. The highest BCUT2D eigenvalue weighted by Crippen LogP contribution is 2.34. The lowest BCUT2D eigenvalue weighted by molar-refractivity contribution is -0.138. The molecular formula is C21H21N3O5S. The van der Waals surface area contributed by atoms with Crippen molar-refractivity contribution in [2.24, 2.45) is 0 Å². The Balaban J connectivity index is 1.73. The number of rotatable bonds is 6. The first-order valence-electron chi connectivity index (χ1n) is 9.45. The maximum atomic E-state index is 12.9. The Morgan fingerprint density at radius 2 is 1.87 bits per heavy atom. The molecule has 0 unspecified atom stereocenters. The van der Waals surface area contributed by atoms with Crippen LogP contribution in [0.2, 0.25) is 0 Å². The molecular weight excluding hydrogens is 406 g/mol. The molecule has 30 heavy (non-hydrogen) atoms. The van der Waals surface area contributed by atoms with E-state index in [1.807, 2.05) is 12.1 Å². The number of benzene rings is 2. The number of carbonyl (C=O) groups is 1. The second-order valence-electron chi connectivity index (χ2n) is 7.01. The number of anilines is 2. The first kappa shape index (κ1) is 20.0. The SMILES string of the molecule is COc1ccc(S(=O)(=O)Nc2cnc(N3CCC[C@H]3C(=O)O)c3ccccc23)cc1. The smallest absolute Gasteiger partial charge is 0.326 e. The molecule has 0 saturated carbocycles. The Morgan fingerprint density at radius 3 is 2.53 bits per heavy atom. The van der Waals surface area contributed by atoms with Crippen molar-refractivity contribution in [1.29, 1.82) is 0 Å². The van der Waals surface area contributed by atoms with Gasteiger partial charge in [-0.15, -0.1) is 0 Å². The minimum absolute atomic E-state index is 0.0990. The third-order valence-corrected chi connectivity index (χ3v) is 6.58. The van der Waals surface area contributed by atoms with Gasteiger partial charge in [-0.1, -0.05) is 24.3 Å².